The average Bonchev–Trinajstić information content (AvgIpc) is 2.98. The number of anilines is 3. The molecule has 4 aromatic rings. The van der Waals surface area contributed by atoms with Crippen LogP contribution in [0.25, 0.3) is 22.3 Å². The van der Waals surface area contributed by atoms with Crippen LogP contribution in [0.3, 0.4) is 0 Å². The van der Waals surface area contributed by atoms with Crippen molar-refractivity contribution in [2.45, 2.75) is 51.5 Å². The molecule has 0 spiro atoms. The first-order chi connectivity index (χ1) is 19.4. The molecule has 7 rings (SSSR count). The average molecular weight is 579 g/mol. The lowest BCUT2D eigenvalue weighted by molar-refractivity contribution is 0.956. The summed E-state index contributed by atoms with van der Waals surface area (Å²) in [7, 11) is -1.16. The van der Waals surface area contributed by atoms with Crippen molar-refractivity contribution in [3.8, 4) is 22.3 Å². The molecule has 3 aliphatic rings. The highest BCUT2D eigenvalue weighted by Crippen LogP contribution is 2.62. The molecule has 0 atom stereocenters. The quantitative estimate of drug-likeness (QED) is 0.221. The molecule has 202 valence electrons. The van der Waals surface area contributed by atoms with Gasteiger partial charge in [0.25, 0.3) is 0 Å². The number of para-hydroxylation sites is 3. The summed E-state index contributed by atoms with van der Waals surface area (Å²) >= 11 is 3.77. The number of nitrogens with one attached hydrogen (secondary N) is 2. The third-order valence-corrected chi connectivity index (χ3v) is 14.5. The summed E-state index contributed by atoms with van der Waals surface area (Å²) in [5.41, 5.74) is 10.3. The summed E-state index contributed by atoms with van der Waals surface area (Å²) in [5.74, 6) is 0. The number of fused-ring (bicyclic) bond motifs is 3. The molecule has 0 fully saturated rings. The lowest BCUT2D eigenvalue weighted by atomic mass is 9.96. The van der Waals surface area contributed by atoms with Gasteiger partial charge in [-0.15, -0.1) is 0 Å². The van der Waals surface area contributed by atoms with Crippen LogP contribution in [0.2, 0.25) is 0 Å². The van der Waals surface area contributed by atoms with E-state index in [-0.39, 0.29) is 0 Å². The Kier molecular flexibility index (Phi) is 6.57. The summed E-state index contributed by atoms with van der Waals surface area (Å²) in [6, 6.07) is 29.2. The van der Waals surface area contributed by atoms with Gasteiger partial charge in [-0.25, -0.2) is 10.0 Å². The summed E-state index contributed by atoms with van der Waals surface area (Å²) in [6.45, 7) is 4.78. The van der Waals surface area contributed by atoms with Crippen molar-refractivity contribution in [2.75, 3.05) is 23.1 Å². The Labute approximate surface area is 248 Å². The minimum Gasteiger partial charge on any atom is -0.357 e. The summed E-state index contributed by atoms with van der Waals surface area (Å²) in [6.07, 6.45) is 11.7. The van der Waals surface area contributed by atoms with Gasteiger partial charge in [0.2, 0.25) is 0 Å². The van der Waals surface area contributed by atoms with Crippen molar-refractivity contribution in [3.05, 3.63) is 102 Å². The second-order valence-electron chi connectivity index (χ2n) is 11.2. The summed E-state index contributed by atoms with van der Waals surface area (Å²) in [4.78, 5) is 6.72. The Balaban J connectivity index is 1.44. The minimum atomic E-state index is -1.16. The minimum absolute atomic E-state index is 0.537. The zero-order valence-corrected chi connectivity index (χ0v) is 25.8. The SMILES string of the molecule is CC(C)S(C)(C)c1c(-c2cccc3c2NC2=C(C=CCC2)S3)cccc1-c1cccc2c1Nc1ccccc1S2. The maximum absolute atomic E-state index is 3.90. The van der Waals surface area contributed by atoms with Gasteiger partial charge in [0.15, 0.2) is 0 Å². The molecule has 0 saturated carbocycles. The maximum Gasteiger partial charge on any atom is 0.0606 e. The molecule has 5 heteroatoms. The van der Waals surface area contributed by atoms with Crippen molar-refractivity contribution < 1.29 is 0 Å². The molecule has 0 bridgehead atoms. The van der Waals surface area contributed by atoms with Gasteiger partial charge in [-0.1, -0.05) is 104 Å². The van der Waals surface area contributed by atoms with Crippen LogP contribution in [0.15, 0.2) is 121 Å². The fraction of sp³-hybridized carbons (Fsp3) is 0.200. The van der Waals surface area contributed by atoms with Gasteiger partial charge in [0.1, 0.15) is 0 Å². The van der Waals surface area contributed by atoms with Gasteiger partial charge in [0.05, 0.1) is 17.1 Å². The Morgan fingerprint density at radius 3 is 2.00 bits per heavy atom. The predicted molar refractivity (Wildman–Crippen MR) is 179 cm³/mol. The van der Waals surface area contributed by atoms with Crippen molar-refractivity contribution in [1.29, 1.82) is 0 Å². The van der Waals surface area contributed by atoms with Crippen LogP contribution in [-0.2, 0) is 0 Å². The first-order valence-corrected chi connectivity index (χ1v) is 18.1. The number of hydrogen-bond acceptors (Lipinski definition) is 4. The topological polar surface area (TPSA) is 24.1 Å². The molecular weight excluding hydrogens is 545 g/mol. The highest BCUT2D eigenvalue weighted by molar-refractivity contribution is 8.33. The van der Waals surface area contributed by atoms with Crippen molar-refractivity contribution >= 4 is 50.6 Å². The van der Waals surface area contributed by atoms with E-state index in [0.29, 0.717) is 5.25 Å². The lowest BCUT2D eigenvalue weighted by Crippen LogP contribution is -2.14. The fourth-order valence-electron chi connectivity index (χ4n) is 5.75. The van der Waals surface area contributed by atoms with Crippen molar-refractivity contribution in [3.63, 3.8) is 0 Å². The molecule has 2 aliphatic heterocycles. The van der Waals surface area contributed by atoms with E-state index in [4.69, 9.17) is 0 Å². The van der Waals surface area contributed by atoms with Gasteiger partial charge < -0.3 is 10.6 Å². The summed E-state index contributed by atoms with van der Waals surface area (Å²) in [5, 5.41) is 8.25. The second kappa shape index (κ2) is 10.1. The van der Waals surface area contributed by atoms with E-state index in [1.54, 1.807) is 0 Å². The number of rotatable bonds is 4. The predicted octanol–water partition coefficient (Wildman–Crippen LogP) is 11.1. The van der Waals surface area contributed by atoms with Crippen LogP contribution in [0.4, 0.5) is 17.1 Å². The Morgan fingerprint density at radius 1 is 0.675 bits per heavy atom. The Morgan fingerprint density at radius 2 is 1.27 bits per heavy atom. The van der Waals surface area contributed by atoms with E-state index in [1.165, 1.54) is 69.5 Å². The van der Waals surface area contributed by atoms with Gasteiger partial charge in [-0.3, -0.25) is 0 Å². The van der Waals surface area contributed by atoms with Crippen LogP contribution < -0.4 is 10.6 Å². The molecule has 2 nitrogen and oxygen atoms in total. The first-order valence-electron chi connectivity index (χ1n) is 13.9. The molecule has 0 aromatic heterocycles. The fourth-order valence-corrected chi connectivity index (χ4v) is 9.82. The second-order valence-corrected chi connectivity index (χ2v) is 17.6. The largest absolute Gasteiger partial charge is 0.357 e. The van der Waals surface area contributed by atoms with Crippen LogP contribution >= 0.6 is 33.6 Å². The molecular formula is C35H34N2S3. The summed E-state index contributed by atoms with van der Waals surface area (Å²) < 4.78 is 0. The molecule has 2 N–H and O–H groups in total. The zero-order chi connectivity index (χ0) is 27.4. The van der Waals surface area contributed by atoms with Crippen molar-refractivity contribution in [2.24, 2.45) is 0 Å². The van der Waals surface area contributed by atoms with Crippen molar-refractivity contribution in [1.82, 2.24) is 0 Å². The van der Waals surface area contributed by atoms with E-state index in [1.807, 2.05) is 23.5 Å². The normalized spacial score (nSPS) is 15.9. The van der Waals surface area contributed by atoms with Crippen LogP contribution in [0.5, 0.6) is 0 Å². The van der Waals surface area contributed by atoms with Gasteiger partial charge in [-0.2, -0.15) is 0 Å². The highest BCUT2D eigenvalue weighted by Gasteiger charge is 2.30. The molecule has 2 heterocycles. The van der Waals surface area contributed by atoms with Gasteiger partial charge in [-0.05, 0) is 66.0 Å². The van der Waals surface area contributed by atoms with E-state index in [9.17, 15) is 0 Å². The standard InChI is InChI=1S/C35H34N2S3/c1-22(2)40(3,4)35-25(23-12-10-20-31-33(23)36-27-16-5-7-18-29(27)38-31)14-9-15-26(35)24-13-11-21-32-34(24)37-28-17-6-8-19-30(28)39-32/h5,7-16,18-22,36-37H,6,17H2,1-4H3. The molecule has 0 unspecified atom stereocenters. The molecule has 0 amide bonds. The number of allylic oxidation sites excluding steroid dienone is 3. The van der Waals surface area contributed by atoms with E-state index in [2.05, 4.69) is 128 Å². The smallest absolute Gasteiger partial charge is 0.0606 e. The molecule has 0 saturated heterocycles. The Bertz CT molecular complexity index is 1710. The monoisotopic (exact) mass is 578 g/mol. The molecule has 0 radical (unpaired) electrons. The first kappa shape index (κ1) is 25.9. The molecule has 40 heavy (non-hydrogen) atoms. The van der Waals surface area contributed by atoms with E-state index >= 15 is 0 Å². The van der Waals surface area contributed by atoms with Crippen LogP contribution in [-0.4, -0.2) is 17.8 Å². The van der Waals surface area contributed by atoms with Gasteiger partial charge >= 0.3 is 0 Å². The maximum atomic E-state index is 3.90. The third-order valence-electron chi connectivity index (χ3n) is 8.34. The van der Waals surface area contributed by atoms with E-state index < -0.39 is 10.0 Å². The molecule has 4 aromatic carbocycles. The van der Waals surface area contributed by atoms with E-state index in [0.717, 1.165) is 12.8 Å². The third kappa shape index (κ3) is 4.30. The Hall–Kier alpha value is -2.99. The number of hydrogen-bond donors (Lipinski definition) is 2. The van der Waals surface area contributed by atoms with Crippen LogP contribution in [0, 0.1) is 0 Å². The van der Waals surface area contributed by atoms with Crippen LogP contribution in [0.1, 0.15) is 26.7 Å². The number of benzene rings is 4. The molecule has 1 aliphatic carbocycles. The highest BCUT2D eigenvalue weighted by atomic mass is 32.3. The van der Waals surface area contributed by atoms with Gasteiger partial charge in [0, 0.05) is 41.3 Å². The zero-order valence-electron chi connectivity index (χ0n) is 23.4. The lowest BCUT2D eigenvalue weighted by Gasteiger charge is -2.40. The number of thioether (sulfide) groups is 1.